The molecule has 0 saturated carbocycles. The first kappa shape index (κ1) is 82.7. The van der Waals surface area contributed by atoms with Crippen molar-refractivity contribution in [2.45, 2.75) is 367 Å². The molecule has 0 spiro atoms. The predicted octanol–water partition coefficient (Wildman–Crippen LogP) is 23.3. The minimum absolute atomic E-state index is 0.0388. The summed E-state index contributed by atoms with van der Waals surface area (Å²) in [6.45, 7) is 7.03. The van der Waals surface area contributed by atoms with Gasteiger partial charge in [-0.3, -0.25) is 18.6 Å². The molecule has 0 aromatic carbocycles. The summed E-state index contributed by atoms with van der Waals surface area (Å²) >= 11 is 0. The molecule has 498 valence electrons. The van der Waals surface area contributed by atoms with Crippen LogP contribution in [0.3, 0.4) is 0 Å². The van der Waals surface area contributed by atoms with Crippen molar-refractivity contribution >= 4 is 19.7 Å². The number of esters is 1. The number of rotatable bonds is 67. The summed E-state index contributed by atoms with van der Waals surface area (Å²) < 4.78 is 30.9. The second kappa shape index (κ2) is 64.7. The molecule has 0 aliphatic rings. The van der Waals surface area contributed by atoms with E-state index in [0.717, 1.165) is 83.5 Å². The average Bonchev–Trinajstić information content (AvgIpc) is 3.50. The van der Waals surface area contributed by atoms with E-state index in [2.05, 4.69) is 74.7 Å². The van der Waals surface area contributed by atoms with Crippen molar-refractivity contribution in [1.29, 1.82) is 0 Å². The van der Waals surface area contributed by atoms with Gasteiger partial charge < -0.3 is 19.4 Å². The third-order valence-electron chi connectivity index (χ3n) is 16.4. The lowest BCUT2D eigenvalue weighted by Gasteiger charge is -2.27. The number of phosphoric acid groups is 1. The van der Waals surface area contributed by atoms with E-state index in [4.69, 9.17) is 13.8 Å². The van der Waals surface area contributed by atoms with E-state index in [-0.39, 0.29) is 25.1 Å². The quantitative estimate of drug-likeness (QED) is 0.0205. The number of ether oxygens (including phenoxy) is 1. The van der Waals surface area contributed by atoms with Crippen LogP contribution in [0.4, 0.5) is 0 Å². The van der Waals surface area contributed by atoms with Crippen molar-refractivity contribution in [2.75, 3.05) is 40.9 Å². The first-order valence-corrected chi connectivity index (χ1v) is 38.1. The number of unbranched alkanes of at least 4 members (excludes halogenated alkanes) is 43. The van der Waals surface area contributed by atoms with Gasteiger partial charge in [0.05, 0.1) is 33.8 Å². The first-order valence-electron chi connectivity index (χ1n) is 36.6. The lowest BCUT2D eigenvalue weighted by Crippen LogP contribution is -2.47. The molecule has 0 saturated heterocycles. The van der Waals surface area contributed by atoms with Crippen LogP contribution >= 0.6 is 7.82 Å². The fraction of sp³-hybridized carbons (Fsp3) is 0.840. The Morgan fingerprint density at radius 1 is 0.412 bits per heavy atom. The number of nitrogens with zero attached hydrogens (tertiary/aromatic N) is 1. The third kappa shape index (κ3) is 66.0. The standard InChI is InChI=1S/C75H141N2O7P/c1-7-10-13-16-19-22-25-28-30-32-34-36-37-38-39-41-43-45-47-50-53-56-59-62-65-68-75(79)84-73(66-63-60-57-54-51-48-27-24-21-18-15-12-9-3)72(71-83-85(80,81)82-70-69-77(4,5)6)76-74(78)67-64-61-58-55-52-49-46-44-42-40-35-33-31-29-26-23-20-17-14-11-8-2/h20,23,28-31,35,40,63,66,72-73H,7-19,21-22,24-27,32-34,36-39,41-62,64-65,67-71H2,1-6H3,(H-,76,78,80,81)/p+1/b23-20-,30-28+,31-29-,40-35-,66-63+. The molecular weight excluding hydrogens is 1070 g/mol. The van der Waals surface area contributed by atoms with Gasteiger partial charge in [0, 0.05) is 12.8 Å². The zero-order chi connectivity index (χ0) is 62.1. The van der Waals surface area contributed by atoms with E-state index in [1.165, 1.54) is 238 Å². The smallest absolute Gasteiger partial charge is 0.456 e. The molecule has 0 fully saturated rings. The van der Waals surface area contributed by atoms with E-state index in [1.807, 2.05) is 33.3 Å². The molecule has 2 N–H and O–H groups in total. The average molecular weight is 1210 g/mol. The monoisotopic (exact) mass is 1210 g/mol. The van der Waals surface area contributed by atoms with Crippen LogP contribution in [0.15, 0.2) is 60.8 Å². The Labute approximate surface area is 528 Å². The van der Waals surface area contributed by atoms with Gasteiger partial charge in [0.2, 0.25) is 5.91 Å². The topological polar surface area (TPSA) is 111 Å². The summed E-state index contributed by atoms with van der Waals surface area (Å²) in [5.74, 6) is -0.499. The Morgan fingerprint density at radius 2 is 0.718 bits per heavy atom. The summed E-state index contributed by atoms with van der Waals surface area (Å²) in [4.78, 5) is 37.9. The molecule has 10 heteroatoms. The molecule has 9 nitrogen and oxygen atoms in total. The number of quaternary nitrogens is 1. The van der Waals surface area contributed by atoms with Crippen LogP contribution in [0.2, 0.25) is 0 Å². The maximum atomic E-state index is 13.6. The van der Waals surface area contributed by atoms with Crippen LogP contribution in [-0.4, -0.2) is 74.3 Å². The number of nitrogens with one attached hydrogen (secondary N) is 1. The molecule has 0 bridgehead atoms. The van der Waals surface area contributed by atoms with Crippen molar-refractivity contribution in [2.24, 2.45) is 0 Å². The normalized spacial score (nSPS) is 13.8. The molecule has 0 aliphatic heterocycles. The van der Waals surface area contributed by atoms with Crippen molar-refractivity contribution in [1.82, 2.24) is 5.32 Å². The number of amides is 1. The number of likely N-dealkylation sites (N-methyl/N-ethyl adjacent to an activating group) is 1. The van der Waals surface area contributed by atoms with Crippen LogP contribution in [0.1, 0.15) is 355 Å². The summed E-state index contributed by atoms with van der Waals surface area (Å²) in [6.07, 6.45) is 83.7. The molecule has 0 aromatic heterocycles. The van der Waals surface area contributed by atoms with E-state index in [0.29, 0.717) is 23.9 Å². The minimum Gasteiger partial charge on any atom is -0.456 e. The predicted molar refractivity (Wildman–Crippen MR) is 369 cm³/mol. The molecule has 85 heavy (non-hydrogen) atoms. The number of hydrogen-bond donors (Lipinski definition) is 2. The van der Waals surface area contributed by atoms with Gasteiger partial charge in [-0.15, -0.1) is 0 Å². The molecule has 0 radical (unpaired) electrons. The fourth-order valence-corrected chi connectivity index (χ4v) is 11.5. The first-order chi connectivity index (χ1) is 41.4. The summed E-state index contributed by atoms with van der Waals surface area (Å²) in [5.41, 5.74) is 0. The van der Waals surface area contributed by atoms with Gasteiger partial charge in [-0.1, -0.05) is 307 Å². The second-order valence-corrected chi connectivity index (χ2v) is 27.6. The highest BCUT2D eigenvalue weighted by atomic mass is 31.2. The van der Waals surface area contributed by atoms with Gasteiger partial charge in [0.25, 0.3) is 0 Å². The Bertz CT molecular complexity index is 1640. The number of allylic oxidation sites excluding steroid dienone is 9. The molecule has 1 amide bonds. The molecule has 0 aromatic rings. The SMILES string of the molecule is CCCCC/C=C\C/C=C\C/C=C\CCCCCCCCCCC(=O)NC(COP(=O)(O)OCC[N+](C)(C)C)C(/C=C/CCCCCCCCCCCCC)OC(=O)CCCCCCCCCCCCCCCCC/C=C/CCCCCCCC. The van der Waals surface area contributed by atoms with Gasteiger partial charge in [-0.2, -0.15) is 0 Å². The van der Waals surface area contributed by atoms with Crippen molar-refractivity contribution in [3.63, 3.8) is 0 Å². The zero-order valence-electron chi connectivity index (χ0n) is 57.1. The van der Waals surface area contributed by atoms with Gasteiger partial charge in [0.1, 0.15) is 19.3 Å². The summed E-state index contributed by atoms with van der Waals surface area (Å²) in [7, 11) is 1.50. The van der Waals surface area contributed by atoms with Crippen molar-refractivity contribution in [3.05, 3.63) is 60.8 Å². The van der Waals surface area contributed by atoms with Crippen molar-refractivity contribution < 1.29 is 37.3 Å². The molecule has 3 unspecified atom stereocenters. The van der Waals surface area contributed by atoms with Gasteiger partial charge in [0.15, 0.2) is 0 Å². The summed E-state index contributed by atoms with van der Waals surface area (Å²) in [5, 5.41) is 3.07. The Kier molecular flexibility index (Phi) is 62.9. The Hall–Kier alpha value is -2.29. The molecule has 0 rings (SSSR count). The lowest BCUT2D eigenvalue weighted by atomic mass is 10.0. The summed E-state index contributed by atoms with van der Waals surface area (Å²) in [6, 6.07) is -0.854. The van der Waals surface area contributed by atoms with Crippen molar-refractivity contribution in [3.8, 4) is 0 Å². The largest absolute Gasteiger partial charge is 0.472 e. The molecule has 0 heterocycles. The second-order valence-electron chi connectivity index (χ2n) is 26.1. The minimum atomic E-state index is -4.46. The fourth-order valence-electron chi connectivity index (χ4n) is 10.8. The van der Waals surface area contributed by atoms with Crippen LogP contribution in [0.25, 0.3) is 0 Å². The van der Waals surface area contributed by atoms with Crippen LogP contribution in [-0.2, 0) is 27.9 Å². The highest BCUT2D eigenvalue weighted by Crippen LogP contribution is 2.43. The number of hydrogen-bond acceptors (Lipinski definition) is 6. The number of carbonyl (C=O) groups excluding carboxylic acids is 2. The van der Waals surface area contributed by atoms with Gasteiger partial charge in [-0.25, -0.2) is 4.57 Å². The molecule has 3 atom stereocenters. The van der Waals surface area contributed by atoms with Gasteiger partial charge in [-0.05, 0) is 96.0 Å². The Morgan fingerprint density at radius 3 is 1.11 bits per heavy atom. The van der Waals surface area contributed by atoms with Gasteiger partial charge >= 0.3 is 13.8 Å². The van der Waals surface area contributed by atoms with E-state index >= 15 is 0 Å². The third-order valence-corrected chi connectivity index (χ3v) is 17.4. The van der Waals surface area contributed by atoms with E-state index in [1.54, 1.807) is 0 Å². The maximum Gasteiger partial charge on any atom is 0.472 e. The lowest BCUT2D eigenvalue weighted by molar-refractivity contribution is -0.870. The number of carbonyl (C=O) groups is 2. The molecule has 0 aliphatic carbocycles. The van der Waals surface area contributed by atoms with E-state index in [9.17, 15) is 19.0 Å². The zero-order valence-corrected chi connectivity index (χ0v) is 58.0. The molecular formula is C75H142N2O7P+. The number of phosphoric ester groups is 1. The highest BCUT2D eigenvalue weighted by Gasteiger charge is 2.30. The van der Waals surface area contributed by atoms with Crippen LogP contribution in [0, 0.1) is 0 Å². The highest BCUT2D eigenvalue weighted by molar-refractivity contribution is 7.47. The van der Waals surface area contributed by atoms with E-state index < -0.39 is 20.0 Å². The van der Waals surface area contributed by atoms with Crippen LogP contribution < -0.4 is 5.32 Å². The maximum absolute atomic E-state index is 13.6. The Balaban J connectivity index is 5.07. The van der Waals surface area contributed by atoms with Crippen LogP contribution in [0.5, 0.6) is 0 Å².